The molecule has 0 aliphatic rings. The Morgan fingerprint density at radius 1 is 1.54 bits per heavy atom. The third-order valence-electron chi connectivity index (χ3n) is 1.51. The van der Waals surface area contributed by atoms with Gasteiger partial charge in [0.1, 0.15) is 0 Å². The Morgan fingerprint density at radius 2 is 2.15 bits per heavy atom. The second-order valence-corrected chi connectivity index (χ2v) is 3.25. The van der Waals surface area contributed by atoms with Gasteiger partial charge < -0.3 is 10.1 Å². The molecule has 3 N–H and O–H groups in total. The van der Waals surface area contributed by atoms with Crippen LogP contribution in [0.15, 0.2) is 0 Å². The van der Waals surface area contributed by atoms with E-state index in [2.05, 4.69) is 12.2 Å². The van der Waals surface area contributed by atoms with E-state index in [0.717, 1.165) is 12.8 Å². The van der Waals surface area contributed by atoms with Gasteiger partial charge in [-0.1, -0.05) is 13.3 Å². The molecule has 0 spiro atoms. The first-order valence-corrected chi connectivity index (χ1v) is 4.76. The third kappa shape index (κ3) is 6.54. The van der Waals surface area contributed by atoms with Gasteiger partial charge in [0.25, 0.3) is 5.91 Å². The van der Waals surface area contributed by atoms with Crippen LogP contribution in [-0.2, 0) is 9.53 Å². The highest BCUT2D eigenvalue weighted by Gasteiger charge is 2.13. The van der Waals surface area contributed by atoms with Crippen molar-refractivity contribution in [3.63, 3.8) is 0 Å². The van der Waals surface area contributed by atoms with Gasteiger partial charge in [-0.25, -0.2) is 0 Å². The molecule has 0 saturated heterocycles. The van der Waals surface area contributed by atoms with Gasteiger partial charge in [0, 0.05) is 6.54 Å². The summed E-state index contributed by atoms with van der Waals surface area (Å²) < 4.78 is 5.11. The van der Waals surface area contributed by atoms with Crippen molar-refractivity contribution in [2.75, 3.05) is 6.54 Å². The van der Waals surface area contributed by atoms with E-state index in [1.54, 1.807) is 0 Å². The lowest BCUT2D eigenvalue weighted by Crippen LogP contribution is -2.43. The standard InChI is InChI=1S/C9H20N2O2/c1-4-5-6-11-9(12)8(10)13-7(2)3/h7-8H,4-6,10H2,1-3H3,(H,11,12). The molecular formula is C9H20N2O2. The monoisotopic (exact) mass is 188 g/mol. The van der Waals surface area contributed by atoms with Crippen LogP contribution in [0.3, 0.4) is 0 Å². The smallest absolute Gasteiger partial charge is 0.264 e. The molecule has 0 heterocycles. The number of hydrogen-bond acceptors (Lipinski definition) is 3. The number of carbonyl (C=O) groups is 1. The molecule has 0 saturated carbocycles. The number of carbonyl (C=O) groups excluding carboxylic acids is 1. The minimum absolute atomic E-state index is 0.0214. The Morgan fingerprint density at radius 3 is 2.62 bits per heavy atom. The lowest BCUT2D eigenvalue weighted by Gasteiger charge is -2.15. The van der Waals surface area contributed by atoms with E-state index in [-0.39, 0.29) is 12.0 Å². The summed E-state index contributed by atoms with van der Waals surface area (Å²) >= 11 is 0. The maximum absolute atomic E-state index is 11.2. The first-order valence-electron chi connectivity index (χ1n) is 4.76. The largest absolute Gasteiger partial charge is 0.353 e. The quantitative estimate of drug-likeness (QED) is 0.474. The van der Waals surface area contributed by atoms with Gasteiger partial charge in [0.05, 0.1) is 6.10 Å². The fourth-order valence-corrected chi connectivity index (χ4v) is 0.844. The molecule has 4 nitrogen and oxygen atoms in total. The van der Waals surface area contributed by atoms with Crippen LogP contribution in [0, 0.1) is 0 Å². The van der Waals surface area contributed by atoms with Gasteiger partial charge in [-0.15, -0.1) is 0 Å². The zero-order chi connectivity index (χ0) is 10.3. The second kappa shape index (κ2) is 6.86. The van der Waals surface area contributed by atoms with Crippen molar-refractivity contribution in [3.8, 4) is 0 Å². The van der Waals surface area contributed by atoms with E-state index in [9.17, 15) is 4.79 Å². The molecule has 4 heteroatoms. The molecule has 0 aromatic carbocycles. The highest BCUT2D eigenvalue weighted by Crippen LogP contribution is 1.92. The maximum Gasteiger partial charge on any atom is 0.264 e. The average Bonchev–Trinajstić information content (AvgIpc) is 2.03. The molecule has 78 valence electrons. The number of hydrogen-bond donors (Lipinski definition) is 2. The van der Waals surface area contributed by atoms with E-state index in [4.69, 9.17) is 10.5 Å². The number of unbranched alkanes of at least 4 members (excludes halogenated alkanes) is 1. The van der Waals surface area contributed by atoms with Crippen LogP contribution >= 0.6 is 0 Å². The first-order chi connectivity index (χ1) is 6.07. The van der Waals surface area contributed by atoms with Gasteiger partial charge in [-0.05, 0) is 20.3 Å². The molecule has 1 amide bonds. The molecular weight excluding hydrogens is 168 g/mol. The third-order valence-corrected chi connectivity index (χ3v) is 1.51. The van der Waals surface area contributed by atoms with Gasteiger partial charge >= 0.3 is 0 Å². The topological polar surface area (TPSA) is 64.4 Å². The predicted molar refractivity (Wildman–Crippen MR) is 52.1 cm³/mol. The number of amides is 1. The van der Waals surface area contributed by atoms with Gasteiger partial charge in [0.2, 0.25) is 0 Å². The highest BCUT2D eigenvalue weighted by molar-refractivity contribution is 5.80. The zero-order valence-electron chi connectivity index (χ0n) is 8.67. The predicted octanol–water partition coefficient (Wildman–Crippen LogP) is 0.613. The number of ether oxygens (including phenoxy) is 1. The first kappa shape index (κ1) is 12.4. The summed E-state index contributed by atoms with van der Waals surface area (Å²) in [6, 6.07) is 0. The minimum Gasteiger partial charge on any atom is -0.353 e. The van der Waals surface area contributed by atoms with Crippen LogP contribution in [0.25, 0.3) is 0 Å². The van der Waals surface area contributed by atoms with Gasteiger partial charge in [-0.3, -0.25) is 10.5 Å². The minimum atomic E-state index is -0.836. The van der Waals surface area contributed by atoms with E-state index in [1.807, 2.05) is 13.8 Å². The van der Waals surface area contributed by atoms with Gasteiger partial charge in [0.15, 0.2) is 6.23 Å². The average molecular weight is 188 g/mol. The molecule has 0 rings (SSSR count). The number of nitrogens with two attached hydrogens (primary N) is 1. The maximum atomic E-state index is 11.2. The van der Waals surface area contributed by atoms with Crippen molar-refractivity contribution in [3.05, 3.63) is 0 Å². The van der Waals surface area contributed by atoms with Crippen LogP contribution in [0.4, 0.5) is 0 Å². The number of rotatable bonds is 6. The van der Waals surface area contributed by atoms with Crippen LogP contribution in [0.2, 0.25) is 0 Å². The summed E-state index contributed by atoms with van der Waals surface area (Å²) in [6.07, 6.45) is 1.17. The van der Waals surface area contributed by atoms with Crippen LogP contribution in [0.5, 0.6) is 0 Å². The summed E-state index contributed by atoms with van der Waals surface area (Å²) in [7, 11) is 0. The molecule has 0 fully saturated rings. The zero-order valence-corrected chi connectivity index (χ0v) is 8.67. The summed E-state index contributed by atoms with van der Waals surface area (Å²) in [5, 5.41) is 2.70. The second-order valence-electron chi connectivity index (χ2n) is 3.25. The van der Waals surface area contributed by atoms with Crippen molar-refractivity contribution in [2.45, 2.75) is 45.9 Å². The summed E-state index contributed by atoms with van der Waals surface area (Å²) in [5.41, 5.74) is 5.47. The van der Waals surface area contributed by atoms with Gasteiger partial charge in [-0.2, -0.15) is 0 Å². The SMILES string of the molecule is CCCCNC(=O)C(N)OC(C)C. The molecule has 1 unspecified atom stereocenters. The summed E-state index contributed by atoms with van der Waals surface area (Å²) in [4.78, 5) is 11.2. The van der Waals surface area contributed by atoms with E-state index in [0.29, 0.717) is 6.54 Å². The summed E-state index contributed by atoms with van der Waals surface area (Å²) in [6.45, 7) is 6.43. The van der Waals surface area contributed by atoms with E-state index < -0.39 is 6.23 Å². The van der Waals surface area contributed by atoms with Crippen LogP contribution in [-0.4, -0.2) is 24.8 Å². The van der Waals surface area contributed by atoms with Crippen molar-refractivity contribution in [1.29, 1.82) is 0 Å². The fraction of sp³-hybridized carbons (Fsp3) is 0.889. The molecule has 0 aromatic rings. The van der Waals surface area contributed by atoms with Crippen LogP contribution in [0.1, 0.15) is 33.6 Å². The molecule has 1 atom stereocenters. The Labute approximate surface area is 79.8 Å². The molecule has 13 heavy (non-hydrogen) atoms. The Bertz CT molecular complexity index is 149. The van der Waals surface area contributed by atoms with Crippen molar-refractivity contribution in [2.24, 2.45) is 5.73 Å². The van der Waals surface area contributed by atoms with Crippen molar-refractivity contribution >= 4 is 5.91 Å². The summed E-state index contributed by atoms with van der Waals surface area (Å²) in [5.74, 6) is -0.234. The molecule has 0 radical (unpaired) electrons. The molecule has 0 aliphatic heterocycles. The lowest BCUT2D eigenvalue weighted by molar-refractivity contribution is -0.135. The van der Waals surface area contributed by atoms with Crippen molar-refractivity contribution in [1.82, 2.24) is 5.32 Å². The fourth-order valence-electron chi connectivity index (χ4n) is 0.844. The van der Waals surface area contributed by atoms with Crippen molar-refractivity contribution < 1.29 is 9.53 Å². The Hall–Kier alpha value is -0.610. The highest BCUT2D eigenvalue weighted by atomic mass is 16.5. The normalized spacial score (nSPS) is 13.0. The Kier molecular flexibility index (Phi) is 6.54. The van der Waals surface area contributed by atoms with Crippen LogP contribution < -0.4 is 11.1 Å². The molecule has 0 aromatic heterocycles. The molecule has 0 bridgehead atoms. The molecule has 0 aliphatic carbocycles. The Balaban J connectivity index is 3.57. The number of nitrogens with one attached hydrogen (secondary N) is 1. The van der Waals surface area contributed by atoms with E-state index in [1.165, 1.54) is 0 Å². The van der Waals surface area contributed by atoms with E-state index >= 15 is 0 Å². The lowest BCUT2D eigenvalue weighted by atomic mass is 10.3.